The molecule has 2 fully saturated rings. The highest BCUT2D eigenvalue weighted by molar-refractivity contribution is 6.33. The van der Waals surface area contributed by atoms with Crippen LogP contribution in [0.4, 0.5) is 11.4 Å². The standard InChI is InChI=1S/C14H15ClN2O4/c1-7-4-13(17(20)21)10(15)6-12(7)16-8-2-3-11(16)9(5-8)14(18)19/h4,6,8-9,11H,2-3,5H2,1H3,(H,18,19). The molecule has 0 aliphatic carbocycles. The van der Waals surface area contributed by atoms with E-state index in [9.17, 15) is 20.0 Å². The molecule has 7 heteroatoms. The molecule has 1 aromatic rings. The van der Waals surface area contributed by atoms with Crippen LogP contribution in [0.15, 0.2) is 12.1 Å². The number of nitro groups is 1. The summed E-state index contributed by atoms with van der Waals surface area (Å²) in [6.07, 6.45) is 2.44. The second-order valence-corrected chi connectivity index (χ2v) is 6.14. The first-order valence-electron chi connectivity index (χ1n) is 6.86. The number of rotatable bonds is 3. The fourth-order valence-electron chi connectivity index (χ4n) is 3.70. The molecule has 1 aromatic carbocycles. The molecule has 2 bridgehead atoms. The third-order valence-corrected chi connectivity index (χ3v) is 4.90. The van der Waals surface area contributed by atoms with Crippen LogP contribution in [0.3, 0.4) is 0 Å². The van der Waals surface area contributed by atoms with E-state index in [1.165, 1.54) is 6.07 Å². The average molecular weight is 311 g/mol. The summed E-state index contributed by atoms with van der Waals surface area (Å²) in [5.41, 5.74) is 1.47. The van der Waals surface area contributed by atoms with Crippen LogP contribution in [0.5, 0.6) is 0 Å². The van der Waals surface area contributed by atoms with Crippen molar-refractivity contribution in [3.8, 4) is 0 Å². The number of anilines is 1. The van der Waals surface area contributed by atoms with Crippen molar-refractivity contribution >= 4 is 28.9 Å². The number of carboxylic acids is 1. The van der Waals surface area contributed by atoms with E-state index in [0.29, 0.717) is 6.42 Å². The second kappa shape index (κ2) is 4.87. The molecule has 2 saturated heterocycles. The summed E-state index contributed by atoms with van der Waals surface area (Å²) in [5.74, 6) is -1.13. The third kappa shape index (κ3) is 2.14. The number of hydrogen-bond donors (Lipinski definition) is 1. The number of halogens is 1. The number of carbonyl (C=O) groups is 1. The van der Waals surface area contributed by atoms with Gasteiger partial charge in [-0.05, 0) is 37.8 Å². The third-order valence-electron chi connectivity index (χ3n) is 4.59. The van der Waals surface area contributed by atoms with Gasteiger partial charge in [0.2, 0.25) is 0 Å². The summed E-state index contributed by atoms with van der Waals surface area (Å²) < 4.78 is 0. The Morgan fingerprint density at radius 1 is 1.48 bits per heavy atom. The highest BCUT2D eigenvalue weighted by Gasteiger charge is 2.49. The number of hydrogen-bond acceptors (Lipinski definition) is 4. The molecular weight excluding hydrogens is 296 g/mol. The number of aryl methyl sites for hydroxylation is 1. The van der Waals surface area contributed by atoms with Crippen LogP contribution in [0.2, 0.25) is 5.02 Å². The van der Waals surface area contributed by atoms with E-state index in [4.69, 9.17) is 11.6 Å². The Labute approximate surface area is 126 Å². The van der Waals surface area contributed by atoms with Crippen molar-refractivity contribution in [1.82, 2.24) is 0 Å². The molecule has 3 atom stereocenters. The van der Waals surface area contributed by atoms with Crippen molar-refractivity contribution in [3.63, 3.8) is 0 Å². The minimum atomic E-state index is -0.766. The van der Waals surface area contributed by atoms with Gasteiger partial charge in [-0.3, -0.25) is 14.9 Å². The molecule has 2 aliphatic rings. The van der Waals surface area contributed by atoms with Crippen molar-refractivity contribution < 1.29 is 14.8 Å². The number of nitrogens with zero attached hydrogens (tertiary/aromatic N) is 2. The Balaban J connectivity index is 2.00. The molecule has 1 N–H and O–H groups in total. The largest absolute Gasteiger partial charge is 0.481 e. The van der Waals surface area contributed by atoms with E-state index < -0.39 is 10.9 Å². The lowest BCUT2D eigenvalue weighted by molar-refractivity contribution is -0.384. The van der Waals surface area contributed by atoms with Gasteiger partial charge in [-0.15, -0.1) is 0 Å². The van der Waals surface area contributed by atoms with Crippen LogP contribution in [-0.2, 0) is 4.79 Å². The van der Waals surface area contributed by atoms with Gasteiger partial charge in [-0.1, -0.05) is 11.6 Å². The molecule has 0 aromatic heterocycles. The Morgan fingerprint density at radius 3 is 2.76 bits per heavy atom. The van der Waals surface area contributed by atoms with E-state index in [-0.39, 0.29) is 28.7 Å². The van der Waals surface area contributed by atoms with Crippen molar-refractivity contribution in [2.24, 2.45) is 5.92 Å². The van der Waals surface area contributed by atoms with Crippen LogP contribution in [0.1, 0.15) is 24.8 Å². The van der Waals surface area contributed by atoms with Gasteiger partial charge in [0.25, 0.3) is 5.69 Å². The monoisotopic (exact) mass is 310 g/mol. The molecule has 21 heavy (non-hydrogen) atoms. The number of benzene rings is 1. The highest BCUT2D eigenvalue weighted by atomic mass is 35.5. The average Bonchev–Trinajstić information content (AvgIpc) is 2.98. The fourth-order valence-corrected chi connectivity index (χ4v) is 3.93. The Morgan fingerprint density at radius 2 is 2.19 bits per heavy atom. The molecule has 0 saturated carbocycles. The molecular formula is C14H15ClN2O4. The molecule has 3 unspecified atom stereocenters. The predicted molar refractivity (Wildman–Crippen MR) is 77.9 cm³/mol. The van der Waals surface area contributed by atoms with Gasteiger partial charge in [-0.25, -0.2) is 0 Å². The summed E-state index contributed by atoms with van der Waals surface area (Å²) in [4.78, 5) is 23.8. The summed E-state index contributed by atoms with van der Waals surface area (Å²) in [5, 5.41) is 20.3. The fraction of sp³-hybridized carbons (Fsp3) is 0.500. The maximum absolute atomic E-state index is 11.3. The van der Waals surface area contributed by atoms with E-state index >= 15 is 0 Å². The first-order valence-corrected chi connectivity index (χ1v) is 7.23. The molecule has 6 nitrogen and oxygen atoms in total. The molecule has 0 radical (unpaired) electrons. The van der Waals surface area contributed by atoms with Crippen molar-refractivity contribution in [1.29, 1.82) is 0 Å². The topological polar surface area (TPSA) is 83.7 Å². The lowest BCUT2D eigenvalue weighted by Gasteiger charge is -2.27. The van der Waals surface area contributed by atoms with E-state index in [2.05, 4.69) is 4.90 Å². The van der Waals surface area contributed by atoms with E-state index in [0.717, 1.165) is 24.1 Å². The number of aliphatic carboxylic acids is 1. The molecule has 112 valence electrons. The molecule has 2 heterocycles. The number of nitro benzene ring substituents is 1. The van der Waals surface area contributed by atoms with E-state index in [1.807, 2.05) is 0 Å². The maximum Gasteiger partial charge on any atom is 0.308 e. The van der Waals surface area contributed by atoms with Gasteiger partial charge in [0.15, 0.2) is 0 Å². The lowest BCUT2D eigenvalue weighted by Crippen LogP contribution is -2.33. The summed E-state index contributed by atoms with van der Waals surface area (Å²) in [7, 11) is 0. The van der Waals surface area contributed by atoms with Crippen LogP contribution in [0.25, 0.3) is 0 Å². The predicted octanol–water partition coefficient (Wildman–Crippen LogP) is 3.00. The number of fused-ring (bicyclic) bond motifs is 2. The maximum atomic E-state index is 11.3. The SMILES string of the molecule is Cc1cc([N+](=O)[O-])c(Cl)cc1N1C2CCC1C(C(=O)O)C2. The smallest absolute Gasteiger partial charge is 0.308 e. The van der Waals surface area contributed by atoms with Crippen LogP contribution in [0, 0.1) is 23.0 Å². The normalized spacial score (nSPS) is 27.1. The van der Waals surface area contributed by atoms with Crippen LogP contribution >= 0.6 is 11.6 Å². The van der Waals surface area contributed by atoms with Crippen molar-refractivity contribution in [2.45, 2.75) is 38.3 Å². The quantitative estimate of drug-likeness (QED) is 0.685. The van der Waals surface area contributed by atoms with Crippen molar-refractivity contribution in [2.75, 3.05) is 4.90 Å². The molecule has 0 spiro atoms. The molecule has 2 aliphatic heterocycles. The summed E-state index contributed by atoms with van der Waals surface area (Å²) in [6, 6.07) is 3.21. The Kier molecular flexibility index (Phi) is 3.28. The van der Waals surface area contributed by atoms with Crippen molar-refractivity contribution in [3.05, 3.63) is 32.8 Å². The second-order valence-electron chi connectivity index (χ2n) is 5.73. The zero-order valence-corrected chi connectivity index (χ0v) is 12.2. The van der Waals surface area contributed by atoms with Gasteiger partial charge in [0.1, 0.15) is 5.02 Å². The van der Waals surface area contributed by atoms with Gasteiger partial charge in [0, 0.05) is 23.8 Å². The minimum Gasteiger partial charge on any atom is -0.481 e. The molecule has 3 rings (SSSR count). The van der Waals surface area contributed by atoms with Crippen LogP contribution < -0.4 is 4.90 Å². The Hall–Kier alpha value is -1.82. The zero-order valence-electron chi connectivity index (χ0n) is 11.5. The minimum absolute atomic E-state index is 0.0382. The first-order chi connectivity index (χ1) is 9.90. The Bertz CT molecular complexity index is 634. The van der Waals surface area contributed by atoms with Crippen LogP contribution in [-0.4, -0.2) is 28.1 Å². The van der Waals surface area contributed by atoms with Gasteiger partial charge in [-0.2, -0.15) is 0 Å². The summed E-state index contributed by atoms with van der Waals surface area (Å²) >= 11 is 6.00. The van der Waals surface area contributed by atoms with Gasteiger partial charge in [0.05, 0.1) is 10.8 Å². The van der Waals surface area contributed by atoms with Gasteiger partial charge >= 0.3 is 5.97 Å². The lowest BCUT2D eigenvalue weighted by atomic mass is 9.89. The summed E-state index contributed by atoms with van der Waals surface area (Å²) in [6.45, 7) is 1.80. The highest BCUT2D eigenvalue weighted by Crippen LogP contribution is 2.46. The zero-order chi connectivity index (χ0) is 15.3. The van der Waals surface area contributed by atoms with Gasteiger partial charge < -0.3 is 10.0 Å². The van der Waals surface area contributed by atoms with E-state index in [1.54, 1.807) is 13.0 Å². The molecule has 0 amide bonds. The first kappa shape index (κ1) is 14.1. The number of carboxylic acid groups (broad SMARTS) is 1.